The molecule has 0 radical (unpaired) electrons. The number of halogens is 1. The van der Waals surface area contributed by atoms with E-state index in [2.05, 4.69) is 15.5 Å². The predicted octanol–water partition coefficient (Wildman–Crippen LogP) is 5.23. The van der Waals surface area contributed by atoms with E-state index >= 15 is 0 Å². The summed E-state index contributed by atoms with van der Waals surface area (Å²) in [5.41, 5.74) is 3.10. The van der Waals surface area contributed by atoms with E-state index in [-0.39, 0.29) is 5.91 Å². The van der Waals surface area contributed by atoms with Gasteiger partial charge in [0.15, 0.2) is 0 Å². The molecule has 5 nitrogen and oxygen atoms in total. The topological polar surface area (TPSA) is 68.0 Å². The molecule has 28 heavy (non-hydrogen) atoms. The molecule has 0 fully saturated rings. The van der Waals surface area contributed by atoms with Gasteiger partial charge in [-0.2, -0.15) is 0 Å². The Hall–Kier alpha value is -3.44. The maximum atomic E-state index is 12.3. The molecule has 0 aliphatic rings. The van der Waals surface area contributed by atoms with Crippen LogP contribution in [-0.4, -0.2) is 16.1 Å². The third kappa shape index (κ3) is 4.27. The van der Waals surface area contributed by atoms with Crippen molar-refractivity contribution in [2.75, 3.05) is 5.32 Å². The van der Waals surface area contributed by atoms with Crippen LogP contribution in [0.4, 0.5) is 5.69 Å². The maximum Gasteiger partial charge on any atom is 0.255 e. The molecule has 1 amide bonds. The Morgan fingerprint density at radius 1 is 0.929 bits per heavy atom. The summed E-state index contributed by atoms with van der Waals surface area (Å²) < 4.78 is 5.73. The van der Waals surface area contributed by atoms with Crippen LogP contribution in [0.2, 0.25) is 5.02 Å². The van der Waals surface area contributed by atoms with Crippen LogP contribution in [0.5, 0.6) is 0 Å². The van der Waals surface area contributed by atoms with Crippen molar-refractivity contribution >= 4 is 23.2 Å². The van der Waals surface area contributed by atoms with Gasteiger partial charge in [0.25, 0.3) is 5.91 Å². The van der Waals surface area contributed by atoms with Gasteiger partial charge in [-0.15, -0.1) is 10.2 Å². The third-order valence-corrected chi connectivity index (χ3v) is 4.38. The highest BCUT2D eigenvalue weighted by atomic mass is 35.5. The van der Waals surface area contributed by atoms with E-state index in [1.165, 1.54) is 0 Å². The van der Waals surface area contributed by atoms with Gasteiger partial charge >= 0.3 is 0 Å². The van der Waals surface area contributed by atoms with Crippen LogP contribution >= 0.6 is 11.6 Å². The van der Waals surface area contributed by atoms with Gasteiger partial charge in [0.2, 0.25) is 11.8 Å². The van der Waals surface area contributed by atoms with Crippen LogP contribution < -0.4 is 5.32 Å². The number of aromatic nitrogens is 2. The third-order valence-electron chi connectivity index (χ3n) is 4.14. The molecule has 3 aromatic carbocycles. The summed E-state index contributed by atoms with van der Waals surface area (Å²) in [5.74, 6) is 0.829. The van der Waals surface area contributed by atoms with Gasteiger partial charge in [0.05, 0.1) is 6.42 Å². The molecule has 0 saturated carbocycles. The minimum absolute atomic E-state index is 0.209. The molecule has 1 N–H and O–H groups in total. The molecule has 1 aromatic heterocycles. The first-order valence-electron chi connectivity index (χ1n) is 8.71. The molecule has 6 heteroatoms. The predicted molar refractivity (Wildman–Crippen MR) is 108 cm³/mol. The summed E-state index contributed by atoms with van der Waals surface area (Å²) in [6, 6.07) is 24.0. The van der Waals surface area contributed by atoms with Crippen molar-refractivity contribution in [3.8, 4) is 11.5 Å². The summed E-state index contributed by atoms with van der Waals surface area (Å²) in [6.07, 6.45) is 0.516. The molecule has 1 heterocycles. The van der Waals surface area contributed by atoms with Crippen molar-refractivity contribution in [3.05, 3.63) is 101 Å². The number of carbonyl (C=O) groups excluding carboxylic acids is 1. The molecule has 4 rings (SSSR count). The van der Waals surface area contributed by atoms with E-state index in [0.29, 0.717) is 34.5 Å². The van der Waals surface area contributed by atoms with Crippen molar-refractivity contribution < 1.29 is 9.21 Å². The Morgan fingerprint density at radius 2 is 1.71 bits per heavy atom. The number of rotatable bonds is 5. The number of nitrogens with one attached hydrogen (secondary N) is 1. The fraction of sp³-hybridized carbons (Fsp3) is 0.0455. The monoisotopic (exact) mass is 389 g/mol. The quantitative estimate of drug-likeness (QED) is 0.507. The molecule has 0 atom stereocenters. The van der Waals surface area contributed by atoms with Gasteiger partial charge in [-0.05, 0) is 48.0 Å². The molecular weight excluding hydrogens is 374 g/mol. The van der Waals surface area contributed by atoms with Gasteiger partial charge in [0.1, 0.15) is 0 Å². The average molecular weight is 390 g/mol. The number of amides is 1. The van der Waals surface area contributed by atoms with Crippen LogP contribution in [-0.2, 0) is 6.42 Å². The first-order chi connectivity index (χ1) is 13.7. The average Bonchev–Trinajstić information content (AvgIpc) is 3.19. The highest BCUT2D eigenvalue weighted by Gasteiger charge is 2.10. The Morgan fingerprint density at radius 3 is 2.46 bits per heavy atom. The van der Waals surface area contributed by atoms with E-state index in [1.54, 1.807) is 24.3 Å². The molecule has 0 aliphatic carbocycles. The van der Waals surface area contributed by atoms with Gasteiger partial charge in [-0.3, -0.25) is 4.79 Å². The fourth-order valence-corrected chi connectivity index (χ4v) is 2.93. The molecule has 138 valence electrons. The van der Waals surface area contributed by atoms with Gasteiger partial charge in [-0.1, -0.05) is 48.0 Å². The maximum absolute atomic E-state index is 12.3. The van der Waals surface area contributed by atoms with Crippen molar-refractivity contribution in [2.45, 2.75) is 6.42 Å². The normalized spacial score (nSPS) is 10.6. The molecule has 0 bridgehead atoms. The van der Waals surface area contributed by atoms with Crippen LogP contribution in [0.1, 0.15) is 21.8 Å². The molecular formula is C22H16ClN3O2. The number of anilines is 1. The highest BCUT2D eigenvalue weighted by molar-refractivity contribution is 6.31. The van der Waals surface area contributed by atoms with Crippen molar-refractivity contribution in [2.24, 2.45) is 0 Å². The van der Waals surface area contributed by atoms with Crippen molar-refractivity contribution in [1.82, 2.24) is 10.2 Å². The van der Waals surface area contributed by atoms with Crippen molar-refractivity contribution in [3.63, 3.8) is 0 Å². The largest absolute Gasteiger partial charge is 0.420 e. The second kappa shape index (κ2) is 8.06. The van der Waals surface area contributed by atoms with Gasteiger partial charge in [0, 0.05) is 21.8 Å². The summed E-state index contributed by atoms with van der Waals surface area (Å²) >= 11 is 5.93. The minimum atomic E-state index is -0.209. The lowest BCUT2D eigenvalue weighted by Gasteiger charge is -2.06. The van der Waals surface area contributed by atoms with E-state index in [4.69, 9.17) is 16.0 Å². The molecule has 0 unspecified atom stereocenters. The van der Waals surface area contributed by atoms with Gasteiger partial charge in [-0.25, -0.2) is 0 Å². The molecule has 0 aliphatic heterocycles. The zero-order chi connectivity index (χ0) is 19.3. The Labute approximate surface area is 167 Å². The Balaban J connectivity index is 1.41. The smallest absolute Gasteiger partial charge is 0.255 e. The molecule has 0 spiro atoms. The first kappa shape index (κ1) is 17.9. The van der Waals surface area contributed by atoms with E-state index in [0.717, 1.165) is 11.1 Å². The first-order valence-corrected chi connectivity index (χ1v) is 9.09. The lowest BCUT2D eigenvalue weighted by atomic mass is 10.1. The lowest BCUT2D eigenvalue weighted by Crippen LogP contribution is -2.11. The fourth-order valence-electron chi connectivity index (χ4n) is 2.74. The van der Waals surface area contributed by atoms with Crippen LogP contribution in [0, 0.1) is 0 Å². The summed E-state index contributed by atoms with van der Waals surface area (Å²) in [7, 11) is 0. The number of nitrogens with zero attached hydrogens (tertiary/aromatic N) is 2. The summed E-state index contributed by atoms with van der Waals surface area (Å²) in [6.45, 7) is 0. The van der Waals surface area contributed by atoms with Crippen LogP contribution in [0.3, 0.4) is 0 Å². The molecule has 4 aromatic rings. The number of benzene rings is 3. The van der Waals surface area contributed by atoms with Gasteiger partial charge < -0.3 is 9.73 Å². The van der Waals surface area contributed by atoms with Crippen LogP contribution in [0.25, 0.3) is 11.5 Å². The number of hydrogen-bond acceptors (Lipinski definition) is 4. The van der Waals surface area contributed by atoms with E-state index < -0.39 is 0 Å². The molecule has 0 saturated heterocycles. The standard InChI is InChI=1S/C22H16ClN3O2/c23-18-8-4-7-17(14-18)21(27)24-19-11-9-15(10-12-19)13-20-25-26-22(28-20)16-5-2-1-3-6-16/h1-12,14H,13H2,(H,24,27). The van der Waals surface area contributed by atoms with E-state index in [1.807, 2.05) is 54.6 Å². The lowest BCUT2D eigenvalue weighted by molar-refractivity contribution is 0.102. The second-order valence-electron chi connectivity index (χ2n) is 6.21. The van der Waals surface area contributed by atoms with E-state index in [9.17, 15) is 4.79 Å². The summed E-state index contributed by atoms with van der Waals surface area (Å²) in [5, 5.41) is 11.6. The highest BCUT2D eigenvalue weighted by Crippen LogP contribution is 2.20. The van der Waals surface area contributed by atoms with Crippen molar-refractivity contribution in [1.29, 1.82) is 0 Å². The second-order valence-corrected chi connectivity index (χ2v) is 6.64. The van der Waals surface area contributed by atoms with Crippen LogP contribution in [0.15, 0.2) is 83.3 Å². The number of hydrogen-bond donors (Lipinski definition) is 1. The number of carbonyl (C=O) groups is 1. The SMILES string of the molecule is O=C(Nc1ccc(Cc2nnc(-c3ccccc3)o2)cc1)c1cccc(Cl)c1. The summed E-state index contributed by atoms with van der Waals surface area (Å²) in [4.78, 5) is 12.3. The Bertz CT molecular complexity index is 1090. The minimum Gasteiger partial charge on any atom is -0.420 e. The zero-order valence-corrected chi connectivity index (χ0v) is 15.6. The zero-order valence-electron chi connectivity index (χ0n) is 14.8. The Kier molecular flexibility index (Phi) is 5.17.